The van der Waals surface area contributed by atoms with Gasteiger partial charge >= 0.3 is 0 Å². The van der Waals surface area contributed by atoms with E-state index in [1.54, 1.807) is 0 Å². The van der Waals surface area contributed by atoms with Crippen molar-refractivity contribution in [3.8, 4) is 33.4 Å². The van der Waals surface area contributed by atoms with Gasteiger partial charge in [0, 0.05) is 10.8 Å². The van der Waals surface area contributed by atoms with Gasteiger partial charge in [0.15, 0.2) is 0 Å². The van der Waals surface area contributed by atoms with Gasteiger partial charge in [-0.15, -0.1) is 49.2 Å². The van der Waals surface area contributed by atoms with E-state index in [1.165, 1.54) is 0 Å². The molecule has 0 aliphatic rings. The molecule has 1 nitrogen and oxygen atoms in total. The zero-order chi connectivity index (χ0) is 46.6. The molecule has 8 rings (SSSR count). The summed E-state index contributed by atoms with van der Waals surface area (Å²) in [5, 5.41) is 0.353. The second-order valence-electron chi connectivity index (χ2n) is 15.2. The standard InChI is InChI=1S/C38B24O/c39-13-7(24(50)35(61)37-11(13)12-25(51)32(58)34(60)36(62)38(12)63-37)1-3-5(16(42)28(54)26(52)14(3)40)2(6-4(1)15(41)27(53)29(55)17(6)43)8-18(44)20(46)9(21(47)19(8)45)10-22(48)30(56)33(59)31(57)23(10)49. The Hall–Kier alpha value is -3.58. The third kappa shape index (κ3) is 5.97. The van der Waals surface area contributed by atoms with Crippen molar-refractivity contribution in [2.45, 2.75) is 0 Å². The Morgan fingerprint density at radius 2 is 0.317 bits per heavy atom. The Balaban J connectivity index is 1.69. The molecule has 63 heavy (non-hydrogen) atoms. The number of benzene rings is 7. The summed E-state index contributed by atoms with van der Waals surface area (Å²) >= 11 is 0. The maximum atomic E-state index is 7.16. The van der Waals surface area contributed by atoms with Gasteiger partial charge in [0.05, 0.1) is 0 Å². The summed E-state index contributed by atoms with van der Waals surface area (Å²) in [7, 11) is 160. The van der Waals surface area contributed by atoms with E-state index in [0.717, 1.165) is 0 Å². The predicted molar refractivity (Wildman–Crippen MR) is 294 cm³/mol. The highest BCUT2D eigenvalue weighted by Gasteiger charge is 2.30. The molecule has 0 amide bonds. The largest absolute Gasteiger partial charge is 0.457 e. The molecule has 0 atom stereocenters. The molecular weight excluding hydrogens is 732 g/mol. The van der Waals surface area contributed by atoms with Crippen LogP contribution in [0.1, 0.15) is 0 Å². The van der Waals surface area contributed by atoms with E-state index in [4.69, 9.17) is 193 Å². The minimum Gasteiger partial charge on any atom is -0.457 e. The first-order valence-electron chi connectivity index (χ1n) is 18.3. The van der Waals surface area contributed by atoms with Gasteiger partial charge in [-0.2, -0.15) is 0 Å². The number of fused-ring (bicyclic) bond motifs is 5. The zero-order valence-electron chi connectivity index (χ0n) is 33.3. The average molecular weight is 732 g/mol. The van der Waals surface area contributed by atoms with Crippen LogP contribution in [0.25, 0.3) is 76.9 Å². The van der Waals surface area contributed by atoms with Crippen LogP contribution in [0.15, 0.2) is 4.42 Å². The molecule has 1 heterocycles. The highest BCUT2D eigenvalue weighted by atomic mass is 16.3. The third-order valence-electron chi connectivity index (χ3n) is 12.1. The molecule has 230 valence electrons. The Bertz CT molecular complexity index is 3360. The summed E-state index contributed by atoms with van der Waals surface area (Å²) in [4.78, 5) is 0. The molecule has 0 N–H and O–H groups in total. The van der Waals surface area contributed by atoms with Gasteiger partial charge in [0.25, 0.3) is 0 Å². The van der Waals surface area contributed by atoms with Crippen LogP contribution in [0.4, 0.5) is 0 Å². The van der Waals surface area contributed by atoms with Crippen molar-refractivity contribution in [2.75, 3.05) is 0 Å². The van der Waals surface area contributed by atoms with Crippen molar-refractivity contribution in [3.63, 3.8) is 0 Å². The van der Waals surface area contributed by atoms with E-state index >= 15 is 0 Å². The molecule has 0 saturated heterocycles. The SMILES string of the molecule is [B]c1c([B])c([B])c(-c2c([B])c([B])c(-c3c4c([B])c([B])c([B])c([B])c4c(-c4c([B])c([B])c5oc6c([B])c([B])c([B])c([B])c6c5c4[B])c4c([B])c([B])c([B])c([B])c34)c([B])c2[B])c([B])c1[B]. The summed E-state index contributed by atoms with van der Waals surface area (Å²) in [6, 6.07) is 0. The molecule has 0 fully saturated rings. The molecule has 1 aromatic heterocycles. The van der Waals surface area contributed by atoms with Gasteiger partial charge in [-0.05, 0) is 54.9 Å². The van der Waals surface area contributed by atoms with Gasteiger partial charge in [0.1, 0.15) is 199 Å². The molecule has 0 aliphatic heterocycles. The van der Waals surface area contributed by atoms with E-state index in [2.05, 4.69) is 0 Å². The smallest absolute Gasteiger partial charge is 0.127 e. The van der Waals surface area contributed by atoms with Crippen LogP contribution in [0.3, 0.4) is 0 Å². The molecule has 0 bridgehead atoms. The molecule has 0 spiro atoms. The first-order chi connectivity index (χ1) is 29.3. The molecule has 7 aromatic carbocycles. The Kier molecular flexibility index (Phi) is 11.3. The quantitative estimate of drug-likeness (QED) is 0.130. The normalized spacial score (nSPS) is 11.7. The summed E-state index contributed by atoms with van der Waals surface area (Å²) in [6.45, 7) is 0. The van der Waals surface area contributed by atoms with Crippen molar-refractivity contribution >= 4 is 363 Å². The van der Waals surface area contributed by atoms with Gasteiger partial charge in [0.2, 0.25) is 0 Å². The highest BCUT2D eigenvalue weighted by molar-refractivity contribution is 6.76. The lowest BCUT2D eigenvalue weighted by Gasteiger charge is -2.33. The van der Waals surface area contributed by atoms with E-state index < -0.39 is 0 Å². The number of rotatable bonds is 3. The Labute approximate surface area is 398 Å². The van der Waals surface area contributed by atoms with E-state index in [0.29, 0.717) is 0 Å². The lowest BCUT2D eigenvalue weighted by Crippen LogP contribution is -2.57. The molecule has 25 heteroatoms. The molecule has 0 saturated carbocycles. The highest BCUT2D eigenvalue weighted by Crippen LogP contribution is 2.39. The predicted octanol–water partition coefficient (Wildman–Crippen LogP) is -18.1. The van der Waals surface area contributed by atoms with Crippen LogP contribution in [0, 0.1) is 0 Å². The third-order valence-corrected chi connectivity index (χ3v) is 12.1. The van der Waals surface area contributed by atoms with Crippen molar-refractivity contribution in [1.29, 1.82) is 0 Å². The van der Waals surface area contributed by atoms with Crippen LogP contribution in [-0.2, 0) is 0 Å². The van der Waals surface area contributed by atoms with Crippen LogP contribution in [0.2, 0.25) is 0 Å². The molecular formula is C38B24O. The minimum absolute atomic E-state index is 0.00306. The maximum absolute atomic E-state index is 7.16. The van der Waals surface area contributed by atoms with Crippen molar-refractivity contribution < 1.29 is 4.42 Å². The molecule has 0 unspecified atom stereocenters. The minimum atomic E-state index is -0.221. The Morgan fingerprint density at radius 3 is 0.651 bits per heavy atom. The van der Waals surface area contributed by atoms with Gasteiger partial charge in [-0.25, -0.2) is 0 Å². The topological polar surface area (TPSA) is 13.1 Å². The second kappa shape index (κ2) is 15.5. The summed E-state index contributed by atoms with van der Waals surface area (Å²) in [5.74, 6) is 0. The van der Waals surface area contributed by atoms with Gasteiger partial charge in [-0.3, -0.25) is 0 Å². The molecule has 48 radical (unpaired) electrons. The van der Waals surface area contributed by atoms with E-state index in [1.807, 2.05) is 0 Å². The zero-order valence-corrected chi connectivity index (χ0v) is 33.3. The van der Waals surface area contributed by atoms with Crippen LogP contribution >= 0.6 is 0 Å². The molecule has 8 aromatic rings. The van der Waals surface area contributed by atoms with Crippen molar-refractivity contribution in [1.82, 2.24) is 0 Å². The first-order valence-corrected chi connectivity index (χ1v) is 18.3. The second-order valence-corrected chi connectivity index (χ2v) is 15.2. The fourth-order valence-corrected chi connectivity index (χ4v) is 8.60. The lowest BCUT2D eigenvalue weighted by molar-refractivity contribution is 0.675. The van der Waals surface area contributed by atoms with Crippen molar-refractivity contribution in [3.05, 3.63) is 0 Å². The van der Waals surface area contributed by atoms with Gasteiger partial charge < -0.3 is 4.42 Å². The number of hydrogen-bond acceptors (Lipinski definition) is 1. The van der Waals surface area contributed by atoms with E-state index in [-0.39, 0.29) is 208 Å². The summed E-state index contributed by atoms with van der Waals surface area (Å²) < 4.78 is 6.14. The van der Waals surface area contributed by atoms with Crippen LogP contribution < -0.4 is 131 Å². The van der Waals surface area contributed by atoms with Crippen LogP contribution in [-0.4, -0.2) is 188 Å². The van der Waals surface area contributed by atoms with E-state index in [9.17, 15) is 0 Å². The first kappa shape index (κ1) is 46.0. The monoisotopic (exact) mass is 736 g/mol. The fraction of sp³-hybridized carbons (Fsp3) is 0. The average Bonchev–Trinajstić information content (AvgIpc) is 3.67. The summed E-state index contributed by atoms with van der Waals surface area (Å²) in [5.41, 5.74) is -3.29. The Morgan fingerprint density at radius 1 is 0.143 bits per heavy atom. The van der Waals surface area contributed by atoms with Crippen LogP contribution in [0.5, 0.6) is 0 Å². The number of hydrogen-bond donors (Lipinski definition) is 0. The fourth-order valence-electron chi connectivity index (χ4n) is 8.60. The lowest BCUT2D eigenvalue weighted by atomic mass is 9.55. The number of furan rings is 1. The van der Waals surface area contributed by atoms with Crippen molar-refractivity contribution in [2.24, 2.45) is 0 Å². The molecule has 0 aliphatic carbocycles. The maximum Gasteiger partial charge on any atom is 0.127 e. The van der Waals surface area contributed by atoms with Gasteiger partial charge in [-0.1, -0.05) is 81.9 Å². The summed E-state index contributed by atoms with van der Waals surface area (Å²) in [6.07, 6.45) is 0.